The minimum absolute atomic E-state index is 0.478. The summed E-state index contributed by atoms with van der Waals surface area (Å²) >= 11 is 0. The quantitative estimate of drug-likeness (QED) is 0.654. The highest BCUT2D eigenvalue weighted by Gasteiger charge is 2.45. The molecule has 1 fully saturated rings. The van der Waals surface area contributed by atoms with Crippen LogP contribution in [0.3, 0.4) is 0 Å². The Bertz CT molecular complexity index is 425. The van der Waals surface area contributed by atoms with Gasteiger partial charge in [-0.25, -0.2) is 0 Å². The molecule has 1 aromatic heterocycles. The lowest BCUT2D eigenvalue weighted by Crippen LogP contribution is -2.38. The third kappa shape index (κ3) is 3.72. The van der Waals surface area contributed by atoms with Crippen LogP contribution in [0.5, 0.6) is 0 Å². The molecule has 0 radical (unpaired) electrons. The third-order valence-electron chi connectivity index (χ3n) is 3.77. The number of guanidine groups is 1. The van der Waals surface area contributed by atoms with Gasteiger partial charge in [0, 0.05) is 26.2 Å². The molecule has 106 valence electrons. The molecule has 0 amide bonds. The summed E-state index contributed by atoms with van der Waals surface area (Å²) in [6.07, 6.45) is 2.88. The van der Waals surface area contributed by atoms with Crippen molar-refractivity contribution >= 4 is 5.96 Å². The summed E-state index contributed by atoms with van der Waals surface area (Å²) in [5.41, 5.74) is 1.39. The maximum atomic E-state index is 4.85. The van der Waals surface area contributed by atoms with E-state index in [1.807, 2.05) is 13.1 Å². The van der Waals surface area contributed by atoms with Crippen molar-refractivity contribution in [2.24, 2.45) is 16.3 Å². The van der Waals surface area contributed by atoms with Crippen molar-refractivity contribution in [2.45, 2.75) is 33.7 Å². The number of nitrogens with zero attached hydrogens (tertiary/aromatic N) is 3. The molecule has 0 aromatic carbocycles. The van der Waals surface area contributed by atoms with Crippen LogP contribution < -0.4 is 5.32 Å². The SMILES string of the molecule is CCNC(=NCC1CC1(C)C)N(C)Cc1ccon1. The smallest absolute Gasteiger partial charge is 0.194 e. The molecule has 1 aliphatic carbocycles. The van der Waals surface area contributed by atoms with Crippen LogP contribution >= 0.6 is 0 Å². The molecule has 0 spiro atoms. The van der Waals surface area contributed by atoms with E-state index < -0.39 is 0 Å². The van der Waals surface area contributed by atoms with Crippen molar-refractivity contribution in [3.63, 3.8) is 0 Å². The average molecular weight is 264 g/mol. The first-order valence-electron chi connectivity index (χ1n) is 6.91. The maximum Gasteiger partial charge on any atom is 0.194 e. The van der Waals surface area contributed by atoms with Crippen molar-refractivity contribution in [3.05, 3.63) is 18.0 Å². The molecular formula is C14H24N4O. The normalized spacial score (nSPS) is 21.3. The van der Waals surface area contributed by atoms with Gasteiger partial charge in [-0.05, 0) is 24.7 Å². The van der Waals surface area contributed by atoms with Crippen molar-refractivity contribution in [1.29, 1.82) is 0 Å². The van der Waals surface area contributed by atoms with Crippen molar-refractivity contribution in [2.75, 3.05) is 20.1 Å². The minimum atomic E-state index is 0.478. The van der Waals surface area contributed by atoms with Crippen molar-refractivity contribution in [3.8, 4) is 0 Å². The Labute approximate surface area is 115 Å². The zero-order chi connectivity index (χ0) is 13.9. The van der Waals surface area contributed by atoms with Gasteiger partial charge >= 0.3 is 0 Å². The number of nitrogens with one attached hydrogen (secondary N) is 1. The van der Waals surface area contributed by atoms with Gasteiger partial charge in [0.2, 0.25) is 0 Å². The fourth-order valence-electron chi connectivity index (χ4n) is 2.19. The second-order valence-corrected chi connectivity index (χ2v) is 5.93. The van der Waals surface area contributed by atoms with Crippen molar-refractivity contribution in [1.82, 2.24) is 15.4 Å². The Hall–Kier alpha value is -1.52. The summed E-state index contributed by atoms with van der Waals surface area (Å²) in [4.78, 5) is 6.80. The van der Waals surface area contributed by atoms with Crippen LogP contribution in [0, 0.1) is 11.3 Å². The topological polar surface area (TPSA) is 53.7 Å². The summed E-state index contributed by atoms with van der Waals surface area (Å²) in [5.74, 6) is 1.66. The first kappa shape index (κ1) is 13.9. The van der Waals surface area contributed by atoms with E-state index in [4.69, 9.17) is 9.52 Å². The Kier molecular flexibility index (Phi) is 4.12. The predicted molar refractivity (Wildman–Crippen MR) is 75.8 cm³/mol. The van der Waals surface area contributed by atoms with Crippen LogP contribution in [0.4, 0.5) is 0 Å². The summed E-state index contributed by atoms with van der Waals surface area (Å²) in [7, 11) is 2.02. The highest BCUT2D eigenvalue weighted by molar-refractivity contribution is 5.79. The number of rotatable bonds is 5. The van der Waals surface area contributed by atoms with Crippen LogP contribution in [0.25, 0.3) is 0 Å². The van der Waals surface area contributed by atoms with E-state index in [-0.39, 0.29) is 0 Å². The lowest BCUT2D eigenvalue weighted by Gasteiger charge is -2.21. The lowest BCUT2D eigenvalue weighted by molar-refractivity contribution is 0.391. The summed E-state index contributed by atoms with van der Waals surface area (Å²) in [6.45, 7) is 9.17. The van der Waals surface area contributed by atoms with E-state index in [9.17, 15) is 0 Å². The van der Waals surface area contributed by atoms with Crippen LogP contribution in [0.15, 0.2) is 21.8 Å². The first-order chi connectivity index (χ1) is 9.03. The Morgan fingerprint density at radius 1 is 1.63 bits per heavy atom. The van der Waals surface area contributed by atoms with Gasteiger partial charge in [0.1, 0.15) is 12.0 Å². The number of hydrogen-bond acceptors (Lipinski definition) is 3. The predicted octanol–water partition coefficient (Wildman–Crippen LogP) is 2.12. The van der Waals surface area contributed by atoms with Gasteiger partial charge in [-0.15, -0.1) is 0 Å². The molecule has 1 atom stereocenters. The standard InChI is InChI=1S/C14H24N4O/c1-5-15-13(16-9-11-8-14(11,2)3)18(4)10-12-6-7-19-17-12/h6-7,11H,5,8-10H2,1-4H3,(H,15,16). The van der Waals surface area contributed by atoms with Gasteiger partial charge < -0.3 is 14.7 Å². The Morgan fingerprint density at radius 3 is 2.89 bits per heavy atom. The average Bonchev–Trinajstić information content (AvgIpc) is 2.78. The maximum absolute atomic E-state index is 4.85. The molecule has 1 heterocycles. The fourth-order valence-corrected chi connectivity index (χ4v) is 2.19. The van der Waals surface area contributed by atoms with Gasteiger partial charge in [0.15, 0.2) is 5.96 Å². The third-order valence-corrected chi connectivity index (χ3v) is 3.77. The fraction of sp³-hybridized carbons (Fsp3) is 0.714. The number of aliphatic imine (C=N–C) groups is 1. The highest BCUT2D eigenvalue weighted by atomic mass is 16.5. The summed E-state index contributed by atoms with van der Waals surface area (Å²) < 4.78 is 4.85. The second kappa shape index (κ2) is 5.63. The Balaban J connectivity index is 1.92. The van der Waals surface area contributed by atoms with Crippen LogP contribution in [0.1, 0.15) is 32.9 Å². The Morgan fingerprint density at radius 2 is 2.37 bits per heavy atom. The van der Waals surface area contributed by atoms with E-state index in [0.29, 0.717) is 12.0 Å². The van der Waals surface area contributed by atoms with Crippen LogP contribution in [0.2, 0.25) is 0 Å². The second-order valence-electron chi connectivity index (χ2n) is 5.93. The lowest BCUT2D eigenvalue weighted by atomic mass is 10.1. The highest BCUT2D eigenvalue weighted by Crippen LogP contribution is 2.51. The van der Waals surface area contributed by atoms with Gasteiger partial charge in [-0.3, -0.25) is 4.99 Å². The van der Waals surface area contributed by atoms with Gasteiger partial charge in [0.25, 0.3) is 0 Å². The molecule has 5 nitrogen and oxygen atoms in total. The molecule has 1 aromatic rings. The summed E-state index contributed by atoms with van der Waals surface area (Å²) in [6, 6.07) is 1.88. The molecule has 0 bridgehead atoms. The zero-order valence-electron chi connectivity index (χ0n) is 12.3. The largest absolute Gasteiger partial charge is 0.364 e. The number of hydrogen-bond donors (Lipinski definition) is 1. The van der Waals surface area contributed by atoms with E-state index in [0.717, 1.165) is 30.7 Å². The minimum Gasteiger partial charge on any atom is -0.364 e. The molecule has 5 heteroatoms. The molecule has 19 heavy (non-hydrogen) atoms. The van der Waals surface area contributed by atoms with E-state index >= 15 is 0 Å². The monoisotopic (exact) mass is 264 g/mol. The van der Waals surface area contributed by atoms with Gasteiger partial charge in [-0.1, -0.05) is 19.0 Å². The molecular weight excluding hydrogens is 240 g/mol. The first-order valence-corrected chi connectivity index (χ1v) is 6.91. The molecule has 0 aliphatic heterocycles. The van der Waals surface area contributed by atoms with E-state index in [1.165, 1.54) is 6.42 Å². The van der Waals surface area contributed by atoms with E-state index in [1.54, 1.807) is 6.26 Å². The van der Waals surface area contributed by atoms with Crippen LogP contribution in [-0.2, 0) is 6.54 Å². The van der Waals surface area contributed by atoms with E-state index in [2.05, 4.69) is 36.1 Å². The van der Waals surface area contributed by atoms with Crippen molar-refractivity contribution < 1.29 is 4.52 Å². The molecule has 1 N–H and O–H groups in total. The molecule has 1 saturated carbocycles. The molecule has 0 saturated heterocycles. The van der Waals surface area contributed by atoms with Gasteiger partial charge in [0.05, 0.1) is 6.54 Å². The molecule has 1 aliphatic rings. The number of aromatic nitrogens is 1. The molecule has 1 unspecified atom stereocenters. The zero-order valence-corrected chi connectivity index (χ0v) is 12.3. The molecule has 2 rings (SSSR count). The summed E-state index contributed by atoms with van der Waals surface area (Å²) in [5, 5.41) is 7.25. The van der Waals surface area contributed by atoms with Crippen LogP contribution in [-0.4, -0.2) is 36.2 Å². The van der Waals surface area contributed by atoms with Gasteiger partial charge in [-0.2, -0.15) is 0 Å².